The van der Waals surface area contributed by atoms with Gasteiger partial charge in [0.1, 0.15) is 5.75 Å². The Balaban J connectivity index is 1.71. The van der Waals surface area contributed by atoms with Crippen molar-refractivity contribution in [3.8, 4) is 5.75 Å². The number of nitrogens with one attached hydrogen (secondary N) is 1. The van der Waals surface area contributed by atoms with Crippen LogP contribution in [0.3, 0.4) is 0 Å². The standard InChI is InChI=1S/C19H23NO3/c1-23-17-10-5-13-3-2-4-14(18(13)12-17)11-19(22)20-15-6-8-16(21)9-7-15/h2-5,10,12,15-16,21H,6-9,11H2,1H3,(H,20,22). The molecule has 0 heterocycles. The van der Waals surface area contributed by atoms with Gasteiger partial charge in [0.15, 0.2) is 0 Å². The highest BCUT2D eigenvalue weighted by atomic mass is 16.5. The molecule has 122 valence electrons. The van der Waals surface area contributed by atoms with Crippen LogP contribution in [0.25, 0.3) is 10.8 Å². The van der Waals surface area contributed by atoms with E-state index in [1.807, 2.05) is 36.4 Å². The van der Waals surface area contributed by atoms with E-state index in [0.717, 1.165) is 47.8 Å². The molecule has 0 unspecified atom stereocenters. The zero-order valence-corrected chi connectivity index (χ0v) is 13.4. The van der Waals surface area contributed by atoms with Crippen molar-refractivity contribution in [1.82, 2.24) is 5.32 Å². The van der Waals surface area contributed by atoms with Gasteiger partial charge in [-0.05, 0) is 54.2 Å². The van der Waals surface area contributed by atoms with E-state index in [4.69, 9.17) is 4.74 Å². The van der Waals surface area contributed by atoms with E-state index in [1.54, 1.807) is 7.11 Å². The van der Waals surface area contributed by atoms with Crippen LogP contribution in [0.15, 0.2) is 36.4 Å². The molecule has 2 aromatic rings. The number of ether oxygens (including phenoxy) is 1. The van der Waals surface area contributed by atoms with Crippen molar-refractivity contribution in [2.45, 2.75) is 44.2 Å². The van der Waals surface area contributed by atoms with Gasteiger partial charge in [-0.3, -0.25) is 4.79 Å². The van der Waals surface area contributed by atoms with Crippen molar-refractivity contribution in [2.75, 3.05) is 7.11 Å². The highest BCUT2D eigenvalue weighted by Crippen LogP contribution is 2.25. The maximum atomic E-state index is 12.4. The van der Waals surface area contributed by atoms with E-state index in [-0.39, 0.29) is 18.1 Å². The van der Waals surface area contributed by atoms with Crippen LogP contribution in [-0.2, 0) is 11.2 Å². The van der Waals surface area contributed by atoms with Gasteiger partial charge in [0.05, 0.1) is 19.6 Å². The van der Waals surface area contributed by atoms with Crippen LogP contribution in [0, 0.1) is 0 Å². The Morgan fingerprint density at radius 2 is 2.00 bits per heavy atom. The van der Waals surface area contributed by atoms with Gasteiger partial charge >= 0.3 is 0 Å². The van der Waals surface area contributed by atoms with E-state index < -0.39 is 0 Å². The third kappa shape index (κ3) is 3.82. The second-order valence-electron chi connectivity index (χ2n) is 6.25. The molecule has 4 nitrogen and oxygen atoms in total. The molecule has 0 aromatic heterocycles. The smallest absolute Gasteiger partial charge is 0.224 e. The highest BCUT2D eigenvalue weighted by Gasteiger charge is 2.21. The zero-order valence-electron chi connectivity index (χ0n) is 13.4. The first-order valence-corrected chi connectivity index (χ1v) is 8.19. The average Bonchev–Trinajstić information content (AvgIpc) is 2.57. The molecule has 1 amide bonds. The van der Waals surface area contributed by atoms with E-state index in [1.165, 1.54) is 0 Å². The summed E-state index contributed by atoms with van der Waals surface area (Å²) in [5.41, 5.74) is 1.01. The molecule has 1 saturated carbocycles. The Morgan fingerprint density at radius 3 is 2.74 bits per heavy atom. The Labute approximate surface area is 136 Å². The van der Waals surface area contributed by atoms with Crippen LogP contribution in [0.4, 0.5) is 0 Å². The van der Waals surface area contributed by atoms with Crippen molar-refractivity contribution in [1.29, 1.82) is 0 Å². The van der Waals surface area contributed by atoms with E-state index in [9.17, 15) is 9.90 Å². The molecule has 0 atom stereocenters. The van der Waals surface area contributed by atoms with Crippen molar-refractivity contribution in [3.63, 3.8) is 0 Å². The van der Waals surface area contributed by atoms with Crippen molar-refractivity contribution in [3.05, 3.63) is 42.0 Å². The minimum Gasteiger partial charge on any atom is -0.497 e. The summed E-state index contributed by atoms with van der Waals surface area (Å²) in [6.07, 6.45) is 3.43. The summed E-state index contributed by atoms with van der Waals surface area (Å²) >= 11 is 0. The fourth-order valence-corrected chi connectivity index (χ4v) is 3.27. The molecular weight excluding hydrogens is 290 g/mol. The second-order valence-corrected chi connectivity index (χ2v) is 6.25. The lowest BCUT2D eigenvalue weighted by Crippen LogP contribution is -2.39. The lowest BCUT2D eigenvalue weighted by atomic mass is 9.93. The fraction of sp³-hybridized carbons (Fsp3) is 0.421. The van der Waals surface area contributed by atoms with Gasteiger partial charge in [-0.1, -0.05) is 24.3 Å². The number of methoxy groups -OCH3 is 1. The lowest BCUT2D eigenvalue weighted by molar-refractivity contribution is -0.121. The van der Waals surface area contributed by atoms with Gasteiger partial charge in [-0.25, -0.2) is 0 Å². The number of hydrogen-bond donors (Lipinski definition) is 2. The maximum absolute atomic E-state index is 12.4. The molecular formula is C19H23NO3. The molecule has 1 fully saturated rings. The number of carbonyl (C=O) groups excluding carboxylic acids is 1. The Morgan fingerprint density at radius 1 is 1.22 bits per heavy atom. The molecule has 0 radical (unpaired) electrons. The first kappa shape index (κ1) is 15.8. The molecule has 1 aliphatic rings. The monoisotopic (exact) mass is 313 g/mol. The van der Waals surface area contributed by atoms with Crippen molar-refractivity contribution >= 4 is 16.7 Å². The molecule has 0 spiro atoms. The SMILES string of the molecule is COc1ccc2cccc(CC(=O)NC3CCC(O)CC3)c2c1. The first-order chi connectivity index (χ1) is 11.2. The van der Waals surface area contributed by atoms with Gasteiger partial charge in [-0.15, -0.1) is 0 Å². The van der Waals surface area contributed by atoms with Gasteiger partial charge in [0, 0.05) is 6.04 Å². The van der Waals surface area contributed by atoms with E-state index in [0.29, 0.717) is 6.42 Å². The Hall–Kier alpha value is -2.07. The van der Waals surface area contributed by atoms with E-state index >= 15 is 0 Å². The number of hydrogen-bond acceptors (Lipinski definition) is 3. The topological polar surface area (TPSA) is 58.6 Å². The van der Waals surface area contributed by atoms with Gasteiger partial charge in [0.2, 0.25) is 5.91 Å². The lowest BCUT2D eigenvalue weighted by Gasteiger charge is -2.26. The number of amides is 1. The summed E-state index contributed by atoms with van der Waals surface area (Å²) in [4.78, 5) is 12.4. The molecule has 2 N–H and O–H groups in total. The summed E-state index contributed by atoms with van der Waals surface area (Å²) in [5.74, 6) is 0.841. The number of aliphatic hydroxyl groups excluding tert-OH is 1. The summed E-state index contributed by atoms with van der Waals surface area (Å²) in [7, 11) is 1.65. The largest absolute Gasteiger partial charge is 0.497 e. The molecule has 1 aliphatic carbocycles. The number of benzene rings is 2. The van der Waals surface area contributed by atoms with Gasteiger partial charge < -0.3 is 15.2 Å². The number of carbonyl (C=O) groups is 1. The second kappa shape index (κ2) is 7.01. The van der Waals surface area contributed by atoms with Crippen LogP contribution in [0.1, 0.15) is 31.2 Å². The fourth-order valence-electron chi connectivity index (χ4n) is 3.27. The third-order valence-corrected chi connectivity index (χ3v) is 4.59. The first-order valence-electron chi connectivity index (χ1n) is 8.19. The summed E-state index contributed by atoms with van der Waals surface area (Å²) < 4.78 is 5.29. The predicted molar refractivity (Wildman–Crippen MR) is 90.6 cm³/mol. The Kier molecular flexibility index (Phi) is 4.82. The van der Waals surface area contributed by atoms with E-state index in [2.05, 4.69) is 5.32 Å². The molecule has 23 heavy (non-hydrogen) atoms. The van der Waals surface area contributed by atoms with Crippen molar-refractivity contribution in [2.24, 2.45) is 0 Å². The molecule has 2 aromatic carbocycles. The van der Waals surface area contributed by atoms with Gasteiger partial charge in [0.25, 0.3) is 0 Å². The molecule has 4 heteroatoms. The highest BCUT2D eigenvalue weighted by molar-refractivity contribution is 5.91. The quantitative estimate of drug-likeness (QED) is 0.912. The molecule has 0 bridgehead atoms. The van der Waals surface area contributed by atoms with Crippen LogP contribution in [-0.4, -0.2) is 30.3 Å². The summed E-state index contributed by atoms with van der Waals surface area (Å²) in [5, 5.41) is 14.8. The van der Waals surface area contributed by atoms with Crippen molar-refractivity contribution < 1.29 is 14.6 Å². The molecule has 3 rings (SSSR count). The van der Waals surface area contributed by atoms with Crippen LogP contribution < -0.4 is 10.1 Å². The minimum absolute atomic E-state index is 0.0432. The maximum Gasteiger partial charge on any atom is 0.224 e. The number of aliphatic hydroxyl groups is 1. The average molecular weight is 313 g/mol. The zero-order chi connectivity index (χ0) is 16.2. The molecule has 0 saturated heterocycles. The number of rotatable bonds is 4. The normalized spacial score (nSPS) is 21.1. The predicted octanol–water partition coefficient (Wildman–Crippen LogP) is 2.81. The van der Waals surface area contributed by atoms with Crippen LogP contribution >= 0.6 is 0 Å². The summed E-state index contributed by atoms with van der Waals surface area (Å²) in [6.45, 7) is 0. The van der Waals surface area contributed by atoms with Gasteiger partial charge in [-0.2, -0.15) is 0 Å². The summed E-state index contributed by atoms with van der Waals surface area (Å²) in [6, 6.07) is 12.1. The Bertz CT molecular complexity index is 690. The van der Waals surface area contributed by atoms with Crippen LogP contribution in [0.5, 0.6) is 5.75 Å². The van der Waals surface area contributed by atoms with Crippen LogP contribution in [0.2, 0.25) is 0 Å². The third-order valence-electron chi connectivity index (χ3n) is 4.59. The molecule has 0 aliphatic heterocycles. The number of fused-ring (bicyclic) bond motifs is 1. The minimum atomic E-state index is -0.200.